The summed E-state index contributed by atoms with van der Waals surface area (Å²) in [6.07, 6.45) is 7.29. The van der Waals surface area contributed by atoms with Gasteiger partial charge in [0.15, 0.2) is 11.6 Å². The average molecular weight is 381 g/mol. The molecule has 0 radical (unpaired) electrons. The molecule has 27 heavy (non-hydrogen) atoms. The fraction of sp³-hybridized carbons (Fsp3) is 0.348. The number of aliphatic imine (C=N–C) groups is 1. The summed E-state index contributed by atoms with van der Waals surface area (Å²) in [5.74, 6) is 5.05. The lowest BCUT2D eigenvalue weighted by Crippen LogP contribution is -2.14. The molecule has 2 aromatic rings. The van der Waals surface area contributed by atoms with Crippen molar-refractivity contribution in [2.45, 2.75) is 45.4 Å². The zero-order valence-electron chi connectivity index (χ0n) is 15.3. The van der Waals surface area contributed by atoms with Crippen LogP contribution in [0.25, 0.3) is 0 Å². The Labute approximate surface area is 164 Å². The van der Waals surface area contributed by atoms with Crippen molar-refractivity contribution in [1.29, 1.82) is 0 Å². The molecule has 0 fully saturated rings. The van der Waals surface area contributed by atoms with Gasteiger partial charge in [0.1, 0.15) is 5.69 Å². The molecule has 0 aliphatic heterocycles. The molecule has 0 aromatic heterocycles. The van der Waals surface area contributed by atoms with Gasteiger partial charge in [-0.2, -0.15) is 4.99 Å². The number of hydrogen-bond donors (Lipinski definition) is 0. The number of isothiocyanates is 1. The van der Waals surface area contributed by atoms with Gasteiger partial charge in [-0.15, -0.1) is 0 Å². The second kappa shape index (κ2) is 9.04. The number of hydrogen-bond acceptors (Lipinski definition) is 2. The Morgan fingerprint density at radius 1 is 1.07 bits per heavy atom. The van der Waals surface area contributed by atoms with E-state index in [1.165, 1.54) is 48.9 Å². The largest absolute Gasteiger partial charge is 0.204 e. The molecule has 0 spiro atoms. The first-order valence-electron chi connectivity index (χ1n) is 9.31. The van der Waals surface area contributed by atoms with Gasteiger partial charge in [0.05, 0.1) is 5.16 Å². The van der Waals surface area contributed by atoms with E-state index in [4.69, 9.17) is 0 Å². The van der Waals surface area contributed by atoms with Crippen LogP contribution in [0.15, 0.2) is 35.3 Å². The lowest BCUT2D eigenvalue weighted by Gasteiger charge is -2.24. The van der Waals surface area contributed by atoms with Gasteiger partial charge in [-0.25, -0.2) is 8.78 Å². The van der Waals surface area contributed by atoms with Crippen molar-refractivity contribution in [2.24, 2.45) is 10.9 Å². The molecule has 0 bridgehead atoms. The molecule has 0 saturated heterocycles. The summed E-state index contributed by atoms with van der Waals surface area (Å²) < 4.78 is 27.8. The van der Waals surface area contributed by atoms with E-state index < -0.39 is 17.3 Å². The van der Waals surface area contributed by atoms with Gasteiger partial charge in [-0.05, 0) is 72.8 Å². The summed E-state index contributed by atoms with van der Waals surface area (Å²) >= 11 is 4.40. The number of rotatable bonds is 4. The molecule has 2 aromatic carbocycles. The van der Waals surface area contributed by atoms with Crippen molar-refractivity contribution in [3.05, 3.63) is 64.2 Å². The molecule has 0 N–H and O–H groups in total. The molecular formula is C23H21F2NS. The van der Waals surface area contributed by atoms with E-state index in [0.717, 1.165) is 24.3 Å². The molecule has 0 heterocycles. The van der Waals surface area contributed by atoms with E-state index in [2.05, 4.69) is 48.1 Å². The van der Waals surface area contributed by atoms with Gasteiger partial charge in [-0.1, -0.05) is 44.1 Å². The molecule has 1 unspecified atom stereocenters. The van der Waals surface area contributed by atoms with Crippen molar-refractivity contribution >= 4 is 23.1 Å². The summed E-state index contributed by atoms with van der Waals surface area (Å²) in [5, 5.41) is 1.98. The predicted molar refractivity (Wildman–Crippen MR) is 109 cm³/mol. The Morgan fingerprint density at radius 3 is 2.52 bits per heavy atom. The predicted octanol–water partition coefficient (Wildman–Crippen LogP) is 6.39. The third kappa shape index (κ3) is 4.89. The first-order valence-corrected chi connectivity index (χ1v) is 9.72. The van der Waals surface area contributed by atoms with Crippen molar-refractivity contribution in [3.8, 4) is 11.8 Å². The van der Waals surface area contributed by atoms with Crippen LogP contribution in [0.2, 0.25) is 0 Å². The molecule has 138 valence electrons. The zero-order valence-corrected chi connectivity index (χ0v) is 16.1. The van der Waals surface area contributed by atoms with Crippen molar-refractivity contribution in [1.82, 2.24) is 0 Å². The first-order chi connectivity index (χ1) is 13.1. The van der Waals surface area contributed by atoms with E-state index in [1.807, 2.05) is 11.2 Å². The molecule has 4 heteroatoms. The molecule has 1 aliphatic carbocycles. The number of unbranched alkanes of at least 4 members (excludes halogenated alkanes) is 1. The van der Waals surface area contributed by atoms with Crippen LogP contribution in [0.3, 0.4) is 0 Å². The van der Waals surface area contributed by atoms with Crippen LogP contribution in [-0.4, -0.2) is 5.16 Å². The Hall–Kier alpha value is -2.34. The maximum Gasteiger partial charge on any atom is 0.153 e. The normalized spacial score (nSPS) is 15.3. The zero-order chi connectivity index (χ0) is 19.2. The minimum absolute atomic E-state index is 0.269. The van der Waals surface area contributed by atoms with Crippen LogP contribution in [-0.2, 0) is 12.8 Å². The van der Waals surface area contributed by atoms with Gasteiger partial charge in [0.25, 0.3) is 0 Å². The highest BCUT2D eigenvalue weighted by atomic mass is 32.1. The third-order valence-corrected chi connectivity index (χ3v) is 5.12. The van der Waals surface area contributed by atoms with Crippen LogP contribution in [0.1, 0.15) is 54.9 Å². The minimum atomic E-state index is -0.791. The number of benzene rings is 2. The topological polar surface area (TPSA) is 12.4 Å². The van der Waals surface area contributed by atoms with E-state index in [0.29, 0.717) is 0 Å². The van der Waals surface area contributed by atoms with Crippen LogP contribution in [0.5, 0.6) is 0 Å². The van der Waals surface area contributed by atoms with E-state index in [1.54, 1.807) is 0 Å². The lowest BCUT2D eigenvalue weighted by atomic mass is 9.81. The van der Waals surface area contributed by atoms with Gasteiger partial charge < -0.3 is 0 Å². The van der Waals surface area contributed by atoms with Crippen molar-refractivity contribution in [2.75, 3.05) is 0 Å². The summed E-state index contributed by atoms with van der Waals surface area (Å²) in [6.45, 7) is 2.23. The first kappa shape index (κ1) is 19.4. The average Bonchev–Trinajstić information content (AvgIpc) is 2.67. The Bertz CT molecular complexity index is 926. The fourth-order valence-electron chi connectivity index (χ4n) is 3.58. The standard InChI is InChI=1S/C23H21F2NS/c1-2-3-4-16-7-9-20-12-17(8-10-19(20)11-16)5-6-18-13-21(24)23(26-15-27)22(25)14-18/h8,10,12-14,16H,2-4,7,9,11H2,1H3. The van der Waals surface area contributed by atoms with Gasteiger partial charge >= 0.3 is 0 Å². The molecule has 0 amide bonds. The number of aryl methyl sites for hydroxylation is 1. The maximum absolute atomic E-state index is 13.9. The van der Waals surface area contributed by atoms with E-state index in [9.17, 15) is 8.78 Å². The van der Waals surface area contributed by atoms with Gasteiger partial charge in [0, 0.05) is 11.1 Å². The number of halogens is 2. The summed E-state index contributed by atoms with van der Waals surface area (Å²) in [4.78, 5) is 3.40. The third-order valence-electron chi connectivity index (χ3n) is 5.03. The highest BCUT2D eigenvalue weighted by molar-refractivity contribution is 7.78. The summed E-state index contributed by atoms with van der Waals surface area (Å²) in [6, 6.07) is 8.58. The molecular weight excluding hydrogens is 360 g/mol. The smallest absolute Gasteiger partial charge is 0.153 e. The highest BCUT2D eigenvalue weighted by Gasteiger charge is 2.18. The fourth-order valence-corrected chi connectivity index (χ4v) is 3.67. The van der Waals surface area contributed by atoms with Gasteiger partial charge in [-0.3, -0.25) is 0 Å². The molecule has 0 saturated carbocycles. The maximum atomic E-state index is 13.9. The Kier molecular flexibility index (Phi) is 6.50. The molecule has 3 rings (SSSR count). The molecule has 1 atom stereocenters. The summed E-state index contributed by atoms with van der Waals surface area (Å²) in [5.41, 5.74) is 3.46. The van der Waals surface area contributed by atoms with E-state index in [-0.39, 0.29) is 5.56 Å². The quantitative estimate of drug-likeness (QED) is 0.339. The number of nitrogens with zero attached hydrogens (tertiary/aromatic N) is 1. The van der Waals surface area contributed by atoms with E-state index >= 15 is 0 Å². The van der Waals surface area contributed by atoms with Crippen molar-refractivity contribution < 1.29 is 8.78 Å². The second-order valence-electron chi connectivity index (χ2n) is 6.98. The summed E-state index contributed by atoms with van der Waals surface area (Å²) in [7, 11) is 0. The van der Waals surface area contributed by atoms with Crippen LogP contribution < -0.4 is 0 Å². The van der Waals surface area contributed by atoms with Crippen LogP contribution in [0, 0.1) is 29.4 Å². The Morgan fingerprint density at radius 2 is 1.81 bits per heavy atom. The highest BCUT2D eigenvalue weighted by Crippen LogP contribution is 2.29. The van der Waals surface area contributed by atoms with Gasteiger partial charge in [0.2, 0.25) is 0 Å². The molecule has 1 aliphatic rings. The van der Waals surface area contributed by atoms with Crippen molar-refractivity contribution in [3.63, 3.8) is 0 Å². The number of thiocarbonyl (C=S) groups is 1. The second-order valence-corrected chi connectivity index (χ2v) is 7.16. The lowest BCUT2D eigenvalue weighted by molar-refractivity contribution is 0.413. The minimum Gasteiger partial charge on any atom is -0.204 e. The SMILES string of the molecule is CCCCC1CCc2cc(C#Cc3cc(F)c(N=C=S)c(F)c3)ccc2C1. The molecule has 1 nitrogen and oxygen atoms in total. The van der Waals surface area contributed by atoms with Crippen LogP contribution in [0.4, 0.5) is 14.5 Å². The van der Waals surface area contributed by atoms with Crippen LogP contribution >= 0.6 is 12.2 Å². The monoisotopic (exact) mass is 381 g/mol. The number of fused-ring (bicyclic) bond motifs is 1. The Balaban J connectivity index is 1.78.